The van der Waals surface area contributed by atoms with Crippen LogP contribution < -0.4 is 16.0 Å². The van der Waals surface area contributed by atoms with Crippen LogP contribution in [0.3, 0.4) is 0 Å². The summed E-state index contributed by atoms with van der Waals surface area (Å²) in [5.41, 5.74) is 2.71. The van der Waals surface area contributed by atoms with E-state index in [1.165, 1.54) is 0 Å². The Morgan fingerprint density at radius 2 is 2.03 bits per heavy atom. The Morgan fingerprint density at radius 1 is 1.24 bits per heavy atom. The summed E-state index contributed by atoms with van der Waals surface area (Å²) in [6, 6.07) is 0. The molecule has 0 radical (unpaired) electrons. The molecule has 0 aromatic carbocycles. The fourth-order valence-electron chi connectivity index (χ4n) is 3.24. The SMILES string of the molecule is CC=N/C(=C\C)CCN=C1C=CN\C(=C/C(C)=C/C=C(\C)C(=O)NCCN2CCOCC2)N1. The molecule has 2 aliphatic rings. The van der Waals surface area contributed by atoms with Gasteiger partial charge in [0.25, 0.3) is 0 Å². The largest absolute Gasteiger partial charge is 0.379 e. The molecule has 1 fully saturated rings. The maximum atomic E-state index is 12.3. The lowest BCUT2D eigenvalue weighted by Crippen LogP contribution is -2.41. The molecule has 8 nitrogen and oxygen atoms in total. The Hall–Kier alpha value is -2.97. The second-order valence-corrected chi connectivity index (χ2v) is 7.82. The van der Waals surface area contributed by atoms with Gasteiger partial charge in [-0.2, -0.15) is 0 Å². The minimum Gasteiger partial charge on any atom is -0.379 e. The highest BCUT2D eigenvalue weighted by Gasteiger charge is 2.10. The Kier molecular flexibility index (Phi) is 11.9. The predicted octanol–water partition coefficient (Wildman–Crippen LogP) is 2.66. The first-order chi connectivity index (χ1) is 16.0. The molecular formula is C25H38N6O2. The first-order valence-electron chi connectivity index (χ1n) is 11.6. The van der Waals surface area contributed by atoms with Crippen LogP contribution in [0.5, 0.6) is 0 Å². The van der Waals surface area contributed by atoms with Crippen molar-refractivity contribution in [1.82, 2.24) is 20.9 Å². The van der Waals surface area contributed by atoms with Gasteiger partial charge in [0.1, 0.15) is 11.7 Å². The van der Waals surface area contributed by atoms with Crippen LogP contribution in [-0.2, 0) is 9.53 Å². The molecule has 180 valence electrons. The molecule has 1 saturated heterocycles. The molecule has 0 aromatic heterocycles. The van der Waals surface area contributed by atoms with E-state index >= 15 is 0 Å². The highest BCUT2D eigenvalue weighted by Crippen LogP contribution is 2.06. The van der Waals surface area contributed by atoms with Gasteiger partial charge in [-0.3, -0.25) is 19.7 Å². The quantitative estimate of drug-likeness (QED) is 0.268. The molecule has 0 atom stereocenters. The average Bonchev–Trinajstić information content (AvgIpc) is 2.82. The zero-order chi connectivity index (χ0) is 23.9. The second-order valence-electron chi connectivity index (χ2n) is 7.82. The van der Waals surface area contributed by atoms with Crippen LogP contribution in [0.25, 0.3) is 0 Å². The minimum absolute atomic E-state index is 0.0425. The van der Waals surface area contributed by atoms with Gasteiger partial charge in [-0.1, -0.05) is 18.2 Å². The summed E-state index contributed by atoms with van der Waals surface area (Å²) in [6.45, 7) is 13.3. The van der Waals surface area contributed by atoms with Crippen molar-refractivity contribution in [3.05, 3.63) is 59.2 Å². The molecule has 0 aliphatic carbocycles. The molecular weight excluding hydrogens is 416 g/mol. The average molecular weight is 455 g/mol. The maximum absolute atomic E-state index is 12.3. The van der Waals surface area contributed by atoms with Gasteiger partial charge in [0.05, 0.1) is 13.2 Å². The molecule has 0 spiro atoms. The minimum atomic E-state index is -0.0425. The summed E-state index contributed by atoms with van der Waals surface area (Å²) in [4.78, 5) is 23.5. The van der Waals surface area contributed by atoms with Gasteiger partial charge in [0.2, 0.25) is 5.91 Å². The van der Waals surface area contributed by atoms with Crippen LogP contribution in [0.4, 0.5) is 0 Å². The number of carbonyl (C=O) groups excluding carboxylic acids is 1. The summed E-state index contributed by atoms with van der Waals surface area (Å²) in [6.07, 6.45) is 14.1. The Labute approximate surface area is 198 Å². The number of nitrogens with zero attached hydrogens (tertiary/aromatic N) is 3. The van der Waals surface area contributed by atoms with Crippen LogP contribution in [0.2, 0.25) is 0 Å². The number of rotatable bonds is 10. The van der Waals surface area contributed by atoms with Gasteiger partial charge in [-0.25, -0.2) is 0 Å². The second kappa shape index (κ2) is 15.0. The van der Waals surface area contributed by atoms with Crippen molar-refractivity contribution in [1.29, 1.82) is 0 Å². The number of amides is 1. The van der Waals surface area contributed by atoms with Gasteiger partial charge in [0.15, 0.2) is 0 Å². The highest BCUT2D eigenvalue weighted by atomic mass is 16.5. The molecule has 2 rings (SSSR count). The zero-order valence-electron chi connectivity index (χ0n) is 20.4. The van der Waals surface area contributed by atoms with Crippen molar-refractivity contribution < 1.29 is 9.53 Å². The van der Waals surface area contributed by atoms with E-state index in [1.807, 2.05) is 64.3 Å². The van der Waals surface area contributed by atoms with Crippen LogP contribution in [0, 0.1) is 0 Å². The topological polar surface area (TPSA) is 90.3 Å². The molecule has 0 unspecified atom stereocenters. The van der Waals surface area contributed by atoms with E-state index < -0.39 is 0 Å². The first-order valence-corrected chi connectivity index (χ1v) is 11.6. The van der Waals surface area contributed by atoms with Crippen LogP contribution in [-0.4, -0.2) is 68.8 Å². The van der Waals surface area contributed by atoms with E-state index in [4.69, 9.17) is 4.74 Å². The molecule has 33 heavy (non-hydrogen) atoms. The van der Waals surface area contributed by atoms with Crippen molar-refractivity contribution in [2.75, 3.05) is 45.9 Å². The third-order valence-corrected chi connectivity index (χ3v) is 5.16. The number of morpholine rings is 1. The van der Waals surface area contributed by atoms with E-state index in [0.717, 1.165) is 62.2 Å². The molecule has 2 heterocycles. The lowest BCUT2D eigenvalue weighted by atomic mass is 10.2. The molecule has 0 bridgehead atoms. The molecule has 3 N–H and O–H groups in total. The third kappa shape index (κ3) is 10.5. The van der Waals surface area contributed by atoms with Gasteiger partial charge >= 0.3 is 0 Å². The molecule has 2 aliphatic heterocycles. The standard InChI is InChI=1S/C25H38N6O2/c1-5-22(26-6-2)9-11-27-23-10-12-28-24(30-23)19-20(3)7-8-21(4)25(32)29-13-14-31-15-17-33-18-16-31/h5-8,10,12,19,28H,9,11,13-18H2,1-4H3,(H,27,30)(H,29,32)/b20-7+,21-8+,22-5-,24-19+,26-6?. The van der Waals surface area contributed by atoms with Crippen LogP contribution >= 0.6 is 0 Å². The van der Waals surface area contributed by atoms with Crippen molar-refractivity contribution >= 4 is 18.0 Å². The van der Waals surface area contributed by atoms with E-state index in [2.05, 4.69) is 30.8 Å². The number of carbonyl (C=O) groups is 1. The fourth-order valence-corrected chi connectivity index (χ4v) is 3.24. The fraction of sp³-hybridized carbons (Fsp3) is 0.480. The van der Waals surface area contributed by atoms with E-state index in [9.17, 15) is 4.79 Å². The lowest BCUT2D eigenvalue weighted by Gasteiger charge is -2.26. The smallest absolute Gasteiger partial charge is 0.246 e. The van der Waals surface area contributed by atoms with Gasteiger partial charge in [-0.15, -0.1) is 0 Å². The zero-order valence-corrected chi connectivity index (χ0v) is 20.4. The summed E-state index contributed by atoms with van der Waals surface area (Å²) >= 11 is 0. The van der Waals surface area contributed by atoms with Crippen molar-refractivity contribution in [2.45, 2.75) is 34.1 Å². The number of nitrogens with one attached hydrogen (secondary N) is 3. The summed E-state index contributed by atoms with van der Waals surface area (Å²) < 4.78 is 5.34. The summed E-state index contributed by atoms with van der Waals surface area (Å²) in [5, 5.41) is 9.44. The number of allylic oxidation sites excluding steroid dienone is 5. The van der Waals surface area contributed by atoms with E-state index in [-0.39, 0.29) is 5.91 Å². The van der Waals surface area contributed by atoms with E-state index in [0.29, 0.717) is 18.7 Å². The monoisotopic (exact) mass is 454 g/mol. The van der Waals surface area contributed by atoms with Crippen LogP contribution in [0.15, 0.2) is 69.2 Å². The highest BCUT2D eigenvalue weighted by molar-refractivity contribution is 5.95. The van der Waals surface area contributed by atoms with Crippen molar-refractivity contribution in [3.63, 3.8) is 0 Å². The van der Waals surface area contributed by atoms with Gasteiger partial charge in [0, 0.05) is 62.8 Å². The number of ether oxygens (including phenoxy) is 1. The lowest BCUT2D eigenvalue weighted by molar-refractivity contribution is -0.117. The number of hydrogen-bond donors (Lipinski definition) is 3. The summed E-state index contributed by atoms with van der Waals surface area (Å²) in [7, 11) is 0. The number of aliphatic imine (C=N–C) groups is 2. The van der Waals surface area contributed by atoms with Crippen molar-refractivity contribution in [2.24, 2.45) is 9.98 Å². The molecule has 0 saturated carbocycles. The van der Waals surface area contributed by atoms with Gasteiger partial charge < -0.3 is 20.7 Å². The third-order valence-electron chi connectivity index (χ3n) is 5.16. The molecule has 1 amide bonds. The van der Waals surface area contributed by atoms with Crippen LogP contribution in [0.1, 0.15) is 34.1 Å². The van der Waals surface area contributed by atoms with Gasteiger partial charge in [-0.05, 0) is 45.4 Å². The first kappa shape index (κ1) is 26.3. The predicted molar refractivity (Wildman–Crippen MR) is 136 cm³/mol. The number of amidine groups is 1. The van der Waals surface area contributed by atoms with Crippen molar-refractivity contribution in [3.8, 4) is 0 Å². The Balaban J connectivity index is 1.82. The normalized spacial score (nSPS) is 20.9. The maximum Gasteiger partial charge on any atom is 0.246 e. The number of hydrogen-bond acceptors (Lipinski definition) is 6. The Morgan fingerprint density at radius 3 is 2.76 bits per heavy atom. The molecule has 0 aromatic rings. The summed E-state index contributed by atoms with van der Waals surface area (Å²) in [5.74, 6) is 1.60. The van der Waals surface area contributed by atoms with E-state index in [1.54, 1.807) is 6.21 Å². The Bertz CT molecular complexity index is 858. The molecule has 8 heteroatoms.